The third kappa shape index (κ3) is 3.78. The van der Waals surface area contributed by atoms with Gasteiger partial charge in [0.1, 0.15) is 36.3 Å². The van der Waals surface area contributed by atoms with E-state index in [2.05, 4.69) is 0 Å². The van der Waals surface area contributed by atoms with Gasteiger partial charge < -0.3 is 19.9 Å². The molecule has 2 rings (SSSR count). The smallest absolute Gasteiger partial charge is 0.142 e. The Morgan fingerprint density at radius 3 is 2.25 bits per heavy atom. The standard InChI is InChI=1S/C15H16FNO3/c1-18-12-3-5-13(6-4-12)19-8-9-20-15-7-2-11(16)10-14(15)17/h2-7,10H,8-9,17H2,1H3. The van der Waals surface area contributed by atoms with Crippen LogP contribution in [0.4, 0.5) is 10.1 Å². The van der Waals surface area contributed by atoms with Gasteiger partial charge in [0, 0.05) is 6.07 Å². The van der Waals surface area contributed by atoms with Crippen molar-refractivity contribution in [3.05, 3.63) is 48.3 Å². The Hall–Kier alpha value is -2.43. The Morgan fingerprint density at radius 2 is 1.60 bits per heavy atom. The second-order valence-corrected chi connectivity index (χ2v) is 4.05. The van der Waals surface area contributed by atoms with Crippen LogP contribution in [-0.2, 0) is 0 Å². The molecule has 0 fully saturated rings. The number of anilines is 1. The molecule has 106 valence electrons. The van der Waals surface area contributed by atoms with Crippen molar-refractivity contribution >= 4 is 5.69 Å². The molecule has 0 aliphatic rings. The minimum atomic E-state index is -0.385. The van der Waals surface area contributed by atoms with Crippen molar-refractivity contribution in [3.8, 4) is 17.2 Å². The quantitative estimate of drug-likeness (QED) is 0.651. The summed E-state index contributed by atoms with van der Waals surface area (Å²) in [5.74, 6) is 1.56. The van der Waals surface area contributed by atoms with Gasteiger partial charge in [-0.1, -0.05) is 0 Å². The molecular weight excluding hydrogens is 261 g/mol. The minimum Gasteiger partial charge on any atom is -0.497 e. The molecule has 0 saturated carbocycles. The molecular formula is C15H16FNO3. The van der Waals surface area contributed by atoms with Gasteiger partial charge in [0.05, 0.1) is 12.8 Å². The molecule has 20 heavy (non-hydrogen) atoms. The summed E-state index contributed by atoms with van der Waals surface area (Å²) in [5, 5.41) is 0. The molecule has 4 nitrogen and oxygen atoms in total. The van der Waals surface area contributed by atoms with E-state index in [9.17, 15) is 4.39 Å². The number of hydrogen-bond acceptors (Lipinski definition) is 4. The topological polar surface area (TPSA) is 53.7 Å². The Labute approximate surface area is 116 Å². The molecule has 0 radical (unpaired) electrons. The largest absolute Gasteiger partial charge is 0.497 e. The first-order valence-electron chi connectivity index (χ1n) is 6.14. The van der Waals surface area contributed by atoms with Gasteiger partial charge in [-0.15, -0.1) is 0 Å². The van der Waals surface area contributed by atoms with Crippen molar-refractivity contribution < 1.29 is 18.6 Å². The van der Waals surface area contributed by atoms with Crippen molar-refractivity contribution in [2.45, 2.75) is 0 Å². The van der Waals surface area contributed by atoms with Crippen LogP contribution in [0.1, 0.15) is 0 Å². The molecule has 0 aliphatic carbocycles. The van der Waals surface area contributed by atoms with Crippen LogP contribution in [-0.4, -0.2) is 20.3 Å². The zero-order chi connectivity index (χ0) is 14.4. The Morgan fingerprint density at radius 1 is 0.950 bits per heavy atom. The van der Waals surface area contributed by atoms with Crippen LogP contribution in [0.3, 0.4) is 0 Å². The van der Waals surface area contributed by atoms with E-state index in [0.29, 0.717) is 19.0 Å². The first-order chi connectivity index (χ1) is 9.69. The van der Waals surface area contributed by atoms with E-state index in [0.717, 1.165) is 11.5 Å². The molecule has 5 heteroatoms. The molecule has 0 heterocycles. The number of nitrogens with two attached hydrogens (primary N) is 1. The normalized spacial score (nSPS) is 10.1. The molecule has 0 atom stereocenters. The van der Waals surface area contributed by atoms with E-state index >= 15 is 0 Å². The van der Waals surface area contributed by atoms with Gasteiger partial charge in [-0.05, 0) is 36.4 Å². The predicted octanol–water partition coefficient (Wildman–Crippen LogP) is 2.87. The lowest BCUT2D eigenvalue weighted by Crippen LogP contribution is -2.10. The summed E-state index contributed by atoms with van der Waals surface area (Å²) in [6.45, 7) is 0.686. The predicted molar refractivity (Wildman–Crippen MR) is 74.8 cm³/mol. The number of methoxy groups -OCH3 is 1. The summed E-state index contributed by atoms with van der Waals surface area (Å²) >= 11 is 0. The van der Waals surface area contributed by atoms with Crippen molar-refractivity contribution in [2.24, 2.45) is 0 Å². The third-order valence-corrected chi connectivity index (χ3v) is 2.64. The van der Waals surface area contributed by atoms with Crippen LogP contribution in [0.25, 0.3) is 0 Å². The number of ether oxygens (including phenoxy) is 3. The fourth-order valence-electron chi connectivity index (χ4n) is 1.63. The molecule has 0 unspecified atom stereocenters. The van der Waals surface area contributed by atoms with Gasteiger partial charge in [0.25, 0.3) is 0 Å². The van der Waals surface area contributed by atoms with E-state index in [1.54, 1.807) is 7.11 Å². The number of hydrogen-bond donors (Lipinski definition) is 1. The molecule has 0 spiro atoms. The second-order valence-electron chi connectivity index (χ2n) is 4.05. The fraction of sp³-hybridized carbons (Fsp3) is 0.200. The number of halogens is 1. The number of benzene rings is 2. The van der Waals surface area contributed by atoms with Gasteiger partial charge in [-0.25, -0.2) is 4.39 Å². The van der Waals surface area contributed by atoms with E-state index in [1.165, 1.54) is 18.2 Å². The van der Waals surface area contributed by atoms with E-state index < -0.39 is 0 Å². The average Bonchev–Trinajstić information content (AvgIpc) is 2.46. The fourth-order valence-corrected chi connectivity index (χ4v) is 1.63. The van der Waals surface area contributed by atoms with Crippen molar-refractivity contribution in [1.29, 1.82) is 0 Å². The molecule has 2 N–H and O–H groups in total. The third-order valence-electron chi connectivity index (χ3n) is 2.64. The summed E-state index contributed by atoms with van der Waals surface area (Å²) in [4.78, 5) is 0. The van der Waals surface area contributed by atoms with Crippen molar-refractivity contribution in [1.82, 2.24) is 0 Å². The van der Waals surface area contributed by atoms with Gasteiger partial charge in [0.15, 0.2) is 0 Å². The maximum Gasteiger partial charge on any atom is 0.142 e. The lowest BCUT2D eigenvalue weighted by molar-refractivity contribution is 0.217. The van der Waals surface area contributed by atoms with E-state index in [-0.39, 0.29) is 11.5 Å². The maximum absolute atomic E-state index is 12.8. The van der Waals surface area contributed by atoms with Crippen LogP contribution in [0.2, 0.25) is 0 Å². The Balaban J connectivity index is 1.78. The van der Waals surface area contributed by atoms with E-state index in [4.69, 9.17) is 19.9 Å². The molecule has 0 bridgehead atoms. The van der Waals surface area contributed by atoms with E-state index in [1.807, 2.05) is 24.3 Å². The molecule has 0 amide bonds. The Bertz CT molecular complexity index is 558. The van der Waals surface area contributed by atoms with Crippen LogP contribution >= 0.6 is 0 Å². The van der Waals surface area contributed by atoms with Crippen LogP contribution in [0.5, 0.6) is 17.2 Å². The minimum absolute atomic E-state index is 0.273. The average molecular weight is 277 g/mol. The van der Waals surface area contributed by atoms with Crippen molar-refractivity contribution in [3.63, 3.8) is 0 Å². The van der Waals surface area contributed by atoms with Crippen LogP contribution in [0, 0.1) is 5.82 Å². The monoisotopic (exact) mass is 277 g/mol. The zero-order valence-corrected chi connectivity index (χ0v) is 11.1. The second kappa shape index (κ2) is 6.65. The molecule has 0 aliphatic heterocycles. The molecule has 0 saturated heterocycles. The SMILES string of the molecule is COc1ccc(OCCOc2ccc(F)cc2N)cc1. The first kappa shape index (κ1) is 14.0. The highest BCUT2D eigenvalue weighted by molar-refractivity contribution is 5.52. The van der Waals surface area contributed by atoms with Gasteiger partial charge in [-0.2, -0.15) is 0 Å². The lowest BCUT2D eigenvalue weighted by atomic mass is 10.3. The molecule has 2 aromatic carbocycles. The summed E-state index contributed by atoms with van der Waals surface area (Å²) in [6.07, 6.45) is 0. The molecule has 0 aromatic heterocycles. The lowest BCUT2D eigenvalue weighted by Gasteiger charge is -2.10. The first-order valence-corrected chi connectivity index (χ1v) is 6.14. The summed E-state index contributed by atoms with van der Waals surface area (Å²) < 4.78 is 28.8. The number of rotatable bonds is 6. The number of nitrogen functional groups attached to an aromatic ring is 1. The van der Waals surface area contributed by atoms with Crippen LogP contribution in [0.15, 0.2) is 42.5 Å². The summed E-state index contributed by atoms with van der Waals surface area (Å²) in [7, 11) is 1.61. The van der Waals surface area contributed by atoms with Crippen molar-refractivity contribution in [2.75, 3.05) is 26.1 Å². The zero-order valence-electron chi connectivity index (χ0n) is 11.1. The van der Waals surface area contributed by atoms with Gasteiger partial charge in [-0.3, -0.25) is 0 Å². The van der Waals surface area contributed by atoms with Gasteiger partial charge >= 0.3 is 0 Å². The summed E-state index contributed by atoms with van der Waals surface area (Å²) in [6, 6.07) is 11.3. The summed E-state index contributed by atoms with van der Waals surface area (Å²) in [5.41, 5.74) is 5.90. The maximum atomic E-state index is 12.8. The molecule has 2 aromatic rings. The highest BCUT2D eigenvalue weighted by Crippen LogP contribution is 2.22. The highest BCUT2D eigenvalue weighted by Gasteiger charge is 2.02. The Kier molecular flexibility index (Phi) is 4.65. The highest BCUT2D eigenvalue weighted by atomic mass is 19.1. The van der Waals surface area contributed by atoms with Crippen LogP contribution < -0.4 is 19.9 Å². The van der Waals surface area contributed by atoms with Gasteiger partial charge in [0.2, 0.25) is 0 Å².